The predicted molar refractivity (Wildman–Crippen MR) is 61.0 cm³/mol. The lowest BCUT2D eigenvalue weighted by molar-refractivity contribution is 0.187. The molecule has 0 spiro atoms. The van der Waals surface area contributed by atoms with E-state index in [4.69, 9.17) is 10.5 Å². The highest BCUT2D eigenvalue weighted by atomic mass is 16.5. The quantitative estimate of drug-likeness (QED) is 0.707. The van der Waals surface area contributed by atoms with Gasteiger partial charge in [0, 0.05) is 39.6 Å². The topological polar surface area (TPSA) is 56.3 Å². The summed E-state index contributed by atoms with van der Waals surface area (Å²) >= 11 is 0. The number of nitrogens with two attached hydrogens (primary N) is 1. The number of methoxy groups -OCH3 is 1. The first-order chi connectivity index (χ1) is 7.29. The molecule has 0 saturated heterocycles. The molecule has 1 aromatic heterocycles. The molecule has 86 valence electrons. The number of imidazole rings is 1. The average molecular weight is 212 g/mol. The maximum Gasteiger partial charge on any atom is 0.205 e. The van der Waals surface area contributed by atoms with Gasteiger partial charge in [-0.1, -0.05) is 0 Å². The molecular formula is C10H20N4O. The Bertz CT molecular complexity index is 274. The van der Waals surface area contributed by atoms with Crippen molar-refractivity contribution in [3.63, 3.8) is 0 Å². The van der Waals surface area contributed by atoms with E-state index in [1.165, 1.54) is 0 Å². The van der Waals surface area contributed by atoms with E-state index in [-0.39, 0.29) is 0 Å². The summed E-state index contributed by atoms with van der Waals surface area (Å²) in [5, 5.41) is 0. The van der Waals surface area contributed by atoms with Crippen molar-refractivity contribution < 1.29 is 4.74 Å². The van der Waals surface area contributed by atoms with Crippen molar-refractivity contribution in [3.05, 3.63) is 12.4 Å². The monoisotopic (exact) mass is 212 g/mol. The molecule has 0 saturated carbocycles. The van der Waals surface area contributed by atoms with Gasteiger partial charge < -0.3 is 19.9 Å². The second-order valence-corrected chi connectivity index (χ2v) is 3.48. The van der Waals surface area contributed by atoms with Crippen LogP contribution in [-0.4, -0.2) is 43.4 Å². The van der Waals surface area contributed by atoms with Crippen LogP contribution in [0, 0.1) is 0 Å². The molecule has 0 aliphatic heterocycles. The van der Waals surface area contributed by atoms with Crippen LogP contribution in [0.15, 0.2) is 12.4 Å². The highest BCUT2D eigenvalue weighted by Crippen LogP contribution is 2.09. The SMILES string of the molecule is COCCn1ccnc1N(C)CCCN. The summed E-state index contributed by atoms with van der Waals surface area (Å²) < 4.78 is 7.13. The predicted octanol–water partition coefficient (Wildman–Crippen LogP) is 0.315. The molecule has 0 amide bonds. The Labute approximate surface area is 90.8 Å². The molecule has 0 aliphatic rings. The Balaban J connectivity index is 2.54. The minimum absolute atomic E-state index is 0.702. The van der Waals surface area contributed by atoms with E-state index in [9.17, 15) is 0 Å². The van der Waals surface area contributed by atoms with Crippen LogP contribution in [0.3, 0.4) is 0 Å². The molecule has 5 heteroatoms. The highest BCUT2D eigenvalue weighted by molar-refractivity contribution is 5.29. The van der Waals surface area contributed by atoms with Crippen LogP contribution in [0.2, 0.25) is 0 Å². The van der Waals surface area contributed by atoms with Crippen molar-refractivity contribution in [2.45, 2.75) is 13.0 Å². The summed E-state index contributed by atoms with van der Waals surface area (Å²) in [6, 6.07) is 0. The van der Waals surface area contributed by atoms with Gasteiger partial charge in [-0.05, 0) is 13.0 Å². The third-order valence-electron chi connectivity index (χ3n) is 2.27. The van der Waals surface area contributed by atoms with Crippen LogP contribution in [0.25, 0.3) is 0 Å². The lowest BCUT2D eigenvalue weighted by atomic mass is 10.4. The van der Waals surface area contributed by atoms with Crippen molar-refractivity contribution in [1.82, 2.24) is 9.55 Å². The Morgan fingerprint density at radius 1 is 1.60 bits per heavy atom. The summed E-state index contributed by atoms with van der Waals surface area (Å²) in [7, 11) is 3.73. The van der Waals surface area contributed by atoms with Crippen LogP contribution in [0.5, 0.6) is 0 Å². The number of hydrogen-bond donors (Lipinski definition) is 1. The van der Waals surface area contributed by atoms with Crippen molar-refractivity contribution in [2.75, 3.05) is 38.8 Å². The number of anilines is 1. The lowest BCUT2D eigenvalue weighted by Gasteiger charge is -2.19. The molecule has 2 N–H and O–H groups in total. The van der Waals surface area contributed by atoms with E-state index in [0.29, 0.717) is 13.2 Å². The average Bonchev–Trinajstić information content (AvgIpc) is 2.71. The number of rotatable bonds is 7. The van der Waals surface area contributed by atoms with E-state index in [2.05, 4.69) is 14.5 Å². The first kappa shape index (κ1) is 12.0. The largest absolute Gasteiger partial charge is 0.383 e. The second-order valence-electron chi connectivity index (χ2n) is 3.48. The molecule has 1 rings (SSSR count). The highest BCUT2D eigenvalue weighted by Gasteiger charge is 2.06. The van der Waals surface area contributed by atoms with E-state index in [0.717, 1.165) is 25.5 Å². The fourth-order valence-electron chi connectivity index (χ4n) is 1.43. The smallest absolute Gasteiger partial charge is 0.205 e. The van der Waals surface area contributed by atoms with Crippen LogP contribution < -0.4 is 10.6 Å². The van der Waals surface area contributed by atoms with Crippen LogP contribution in [-0.2, 0) is 11.3 Å². The minimum Gasteiger partial charge on any atom is -0.383 e. The summed E-state index contributed by atoms with van der Waals surface area (Å²) in [5.41, 5.74) is 5.47. The van der Waals surface area contributed by atoms with E-state index < -0.39 is 0 Å². The van der Waals surface area contributed by atoms with Crippen LogP contribution in [0.1, 0.15) is 6.42 Å². The summed E-state index contributed by atoms with van der Waals surface area (Å²) in [6.07, 6.45) is 4.75. The van der Waals surface area contributed by atoms with Gasteiger partial charge >= 0.3 is 0 Å². The van der Waals surface area contributed by atoms with Gasteiger partial charge in [0.1, 0.15) is 0 Å². The summed E-state index contributed by atoms with van der Waals surface area (Å²) in [4.78, 5) is 6.43. The van der Waals surface area contributed by atoms with Gasteiger partial charge in [0.05, 0.1) is 6.61 Å². The zero-order chi connectivity index (χ0) is 11.1. The first-order valence-electron chi connectivity index (χ1n) is 5.21. The number of hydrogen-bond acceptors (Lipinski definition) is 4. The zero-order valence-corrected chi connectivity index (χ0v) is 9.52. The summed E-state index contributed by atoms with van der Waals surface area (Å²) in [6.45, 7) is 3.18. The normalized spacial score (nSPS) is 10.6. The molecule has 0 fully saturated rings. The van der Waals surface area contributed by atoms with E-state index in [1.807, 2.05) is 19.4 Å². The molecule has 0 radical (unpaired) electrons. The van der Waals surface area contributed by atoms with Gasteiger partial charge in [0.2, 0.25) is 5.95 Å². The van der Waals surface area contributed by atoms with Crippen molar-refractivity contribution >= 4 is 5.95 Å². The number of aromatic nitrogens is 2. The Morgan fingerprint density at radius 2 is 2.40 bits per heavy atom. The molecule has 5 nitrogen and oxygen atoms in total. The van der Waals surface area contributed by atoms with Gasteiger partial charge in [-0.2, -0.15) is 0 Å². The van der Waals surface area contributed by atoms with Crippen molar-refractivity contribution in [3.8, 4) is 0 Å². The fourth-order valence-corrected chi connectivity index (χ4v) is 1.43. The van der Waals surface area contributed by atoms with Gasteiger partial charge in [-0.25, -0.2) is 4.98 Å². The molecule has 0 bridgehead atoms. The Morgan fingerprint density at radius 3 is 3.07 bits per heavy atom. The molecule has 1 heterocycles. The third kappa shape index (κ3) is 3.53. The standard InChI is InChI=1S/C10H20N4O/c1-13(6-3-4-11)10-12-5-7-14(10)8-9-15-2/h5,7H,3-4,6,8-9,11H2,1-2H3. The van der Waals surface area contributed by atoms with Gasteiger partial charge in [0.25, 0.3) is 0 Å². The van der Waals surface area contributed by atoms with Crippen LogP contribution in [0.4, 0.5) is 5.95 Å². The molecule has 0 atom stereocenters. The second kappa shape index (κ2) is 6.42. The van der Waals surface area contributed by atoms with Crippen molar-refractivity contribution in [1.29, 1.82) is 0 Å². The van der Waals surface area contributed by atoms with E-state index >= 15 is 0 Å². The molecule has 0 aromatic carbocycles. The molecule has 0 unspecified atom stereocenters. The molecular weight excluding hydrogens is 192 g/mol. The van der Waals surface area contributed by atoms with Gasteiger partial charge in [-0.15, -0.1) is 0 Å². The third-order valence-corrected chi connectivity index (χ3v) is 2.27. The Hall–Kier alpha value is -1.07. The number of ether oxygens (including phenoxy) is 1. The van der Waals surface area contributed by atoms with E-state index in [1.54, 1.807) is 7.11 Å². The van der Waals surface area contributed by atoms with Crippen LogP contribution >= 0.6 is 0 Å². The molecule has 1 aromatic rings. The molecule has 0 aliphatic carbocycles. The van der Waals surface area contributed by atoms with Gasteiger partial charge in [0.15, 0.2) is 0 Å². The summed E-state index contributed by atoms with van der Waals surface area (Å²) in [5.74, 6) is 0.973. The Kier molecular flexibility index (Phi) is 5.14. The fraction of sp³-hybridized carbons (Fsp3) is 0.700. The maximum atomic E-state index is 5.47. The lowest BCUT2D eigenvalue weighted by Crippen LogP contribution is -2.24. The van der Waals surface area contributed by atoms with Gasteiger partial charge in [-0.3, -0.25) is 0 Å². The molecule has 15 heavy (non-hydrogen) atoms. The minimum atomic E-state index is 0.702. The maximum absolute atomic E-state index is 5.47. The first-order valence-corrected chi connectivity index (χ1v) is 5.21. The zero-order valence-electron chi connectivity index (χ0n) is 9.52. The van der Waals surface area contributed by atoms with Crippen molar-refractivity contribution in [2.24, 2.45) is 5.73 Å². The number of nitrogens with zero attached hydrogens (tertiary/aromatic N) is 3.